The van der Waals surface area contributed by atoms with E-state index in [9.17, 15) is 18.3 Å². The minimum atomic E-state index is -3.98. The summed E-state index contributed by atoms with van der Waals surface area (Å²) < 4.78 is 27.0. The van der Waals surface area contributed by atoms with E-state index in [1.165, 1.54) is 24.3 Å². The van der Waals surface area contributed by atoms with Crippen molar-refractivity contribution in [3.63, 3.8) is 0 Å². The number of carbonyl (C=O) groups excluding carboxylic acids is 1. The summed E-state index contributed by atoms with van der Waals surface area (Å²) in [5.41, 5.74) is 1.17. The van der Waals surface area contributed by atoms with Crippen molar-refractivity contribution in [1.82, 2.24) is 0 Å². The van der Waals surface area contributed by atoms with Gasteiger partial charge in [0.2, 0.25) is 0 Å². The molecule has 0 bridgehead atoms. The van der Waals surface area contributed by atoms with Gasteiger partial charge in [0.15, 0.2) is 0 Å². The van der Waals surface area contributed by atoms with Crippen LogP contribution < -0.4 is 9.41 Å². The standard InChI is InChI=1S/C15H14BrNO4S/c1-11-2-8-14(9-3-11)22(20,21)17(10-15(18)19)13-6-4-12(16)5-7-13/h2-9H,10H2,1H3,(H,18,19)/p-1. The average molecular weight is 383 g/mol. The Morgan fingerprint density at radius 2 is 1.64 bits per heavy atom. The number of carboxylic acid groups (broad SMARTS) is 1. The number of rotatable bonds is 5. The van der Waals surface area contributed by atoms with Crippen LogP contribution in [-0.2, 0) is 14.8 Å². The van der Waals surface area contributed by atoms with E-state index in [1.54, 1.807) is 24.3 Å². The molecular formula is C15H13BrNO4S-. The quantitative estimate of drug-likeness (QED) is 0.788. The molecule has 0 saturated heterocycles. The number of carbonyl (C=O) groups is 1. The zero-order chi connectivity index (χ0) is 16.3. The van der Waals surface area contributed by atoms with E-state index in [2.05, 4.69) is 15.9 Å². The first-order valence-corrected chi connectivity index (χ1v) is 8.59. The molecular weight excluding hydrogens is 370 g/mol. The number of hydrogen-bond donors (Lipinski definition) is 0. The molecule has 2 aromatic rings. The molecule has 0 heterocycles. The third kappa shape index (κ3) is 3.66. The van der Waals surface area contributed by atoms with Gasteiger partial charge in [0.25, 0.3) is 10.0 Å². The van der Waals surface area contributed by atoms with Crippen molar-refractivity contribution < 1.29 is 18.3 Å². The van der Waals surface area contributed by atoms with Crippen molar-refractivity contribution in [3.05, 3.63) is 58.6 Å². The number of anilines is 1. The van der Waals surface area contributed by atoms with Crippen molar-refractivity contribution in [3.8, 4) is 0 Å². The summed E-state index contributed by atoms with van der Waals surface area (Å²) in [5.74, 6) is -1.47. The van der Waals surface area contributed by atoms with E-state index in [-0.39, 0.29) is 10.6 Å². The van der Waals surface area contributed by atoms with Gasteiger partial charge >= 0.3 is 0 Å². The maximum atomic E-state index is 12.7. The Morgan fingerprint density at radius 3 is 2.14 bits per heavy atom. The van der Waals surface area contributed by atoms with Crippen LogP contribution in [0, 0.1) is 6.92 Å². The minimum absolute atomic E-state index is 0.0299. The molecule has 0 aromatic heterocycles. The SMILES string of the molecule is Cc1ccc(S(=O)(=O)N(CC(=O)[O-])c2ccc(Br)cc2)cc1. The highest BCUT2D eigenvalue weighted by Gasteiger charge is 2.24. The maximum absolute atomic E-state index is 12.7. The summed E-state index contributed by atoms with van der Waals surface area (Å²) in [6.45, 7) is 1.09. The van der Waals surface area contributed by atoms with Crippen LogP contribution in [0.2, 0.25) is 0 Å². The molecule has 0 spiro atoms. The fraction of sp³-hybridized carbons (Fsp3) is 0.133. The van der Waals surface area contributed by atoms with Gasteiger partial charge in [-0.05, 0) is 43.3 Å². The molecule has 7 heteroatoms. The number of benzene rings is 2. The van der Waals surface area contributed by atoms with Gasteiger partial charge in [-0.25, -0.2) is 8.42 Å². The molecule has 2 rings (SSSR count). The first-order chi connectivity index (χ1) is 10.3. The zero-order valence-electron chi connectivity index (χ0n) is 11.7. The minimum Gasteiger partial charge on any atom is -0.548 e. The largest absolute Gasteiger partial charge is 0.548 e. The molecule has 0 saturated carbocycles. The molecule has 0 aliphatic carbocycles. The fourth-order valence-electron chi connectivity index (χ4n) is 1.88. The second kappa shape index (κ2) is 6.50. The molecule has 116 valence electrons. The van der Waals surface area contributed by atoms with Crippen LogP contribution in [0.5, 0.6) is 0 Å². The Kier molecular flexibility index (Phi) is 4.87. The van der Waals surface area contributed by atoms with E-state index in [0.29, 0.717) is 0 Å². The molecule has 5 nitrogen and oxygen atoms in total. The fourth-order valence-corrected chi connectivity index (χ4v) is 3.55. The summed E-state index contributed by atoms with van der Waals surface area (Å²) in [5, 5.41) is 11.0. The van der Waals surface area contributed by atoms with Gasteiger partial charge in [0, 0.05) is 4.47 Å². The molecule has 0 aliphatic heterocycles. The number of sulfonamides is 1. The summed E-state index contributed by atoms with van der Waals surface area (Å²) >= 11 is 3.25. The molecule has 22 heavy (non-hydrogen) atoms. The number of halogens is 1. The lowest BCUT2D eigenvalue weighted by Gasteiger charge is -2.25. The molecule has 0 atom stereocenters. The van der Waals surface area contributed by atoms with Gasteiger partial charge in [-0.3, -0.25) is 4.31 Å². The van der Waals surface area contributed by atoms with Crippen molar-refractivity contribution in [1.29, 1.82) is 0 Å². The molecule has 0 aliphatic rings. The monoisotopic (exact) mass is 382 g/mol. The summed E-state index contributed by atoms with van der Waals surface area (Å²) in [6, 6.07) is 12.6. The Bertz CT molecular complexity index is 770. The Balaban J connectivity index is 2.50. The van der Waals surface area contributed by atoms with Gasteiger partial charge < -0.3 is 9.90 Å². The number of aliphatic carboxylic acids is 1. The summed E-state index contributed by atoms with van der Waals surface area (Å²) in [4.78, 5) is 11.0. The second-order valence-corrected chi connectivity index (χ2v) is 7.45. The smallest absolute Gasteiger partial charge is 0.264 e. The van der Waals surface area contributed by atoms with E-state index >= 15 is 0 Å². The van der Waals surface area contributed by atoms with Crippen molar-refractivity contribution in [2.45, 2.75) is 11.8 Å². The van der Waals surface area contributed by atoms with Gasteiger partial charge in [-0.2, -0.15) is 0 Å². The Hall–Kier alpha value is -1.86. The highest BCUT2D eigenvalue weighted by molar-refractivity contribution is 9.10. The highest BCUT2D eigenvalue weighted by Crippen LogP contribution is 2.25. The predicted molar refractivity (Wildman–Crippen MR) is 84.9 cm³/mol. The Labute approximate surface area is 137 Å². The van der Waals surface area contributed by atoms with Crippen LogP contribution >= 0.6 is 15.9 Å². The second-order valence-electron chi connectivity index (χ2n) is 4.67. The molecule has 0 radical (unpaired) electrons. The molecule has 0 N–H and O–H groups in total. The van der Waals surface area contributed by atoms with Crippen LogP contribution in [-0.4, -0.2) is 20.9 Å². The lowest BCUT2D eigenvalue weighted by atomic mass is 10.2. The Morgan fingerprint density at radius 1 is 1.09 bits per heavy atom. The summed E-state index contributed by atoms with van der Waals surface area (Å²) in [7, 11) is -3.98. The van der Waals surface area contributed by atoms with E-state index in [1.807, 2.05) is 6.92 Å². The van der Waals surface area contributed by atoms with Crippen molar-refractivity contribution >= 4 is 37.6 Å². The summed E-state index contributed by atoms with van der Waals surface area (Å²) in [6.07, 6.45) is 0. The topological polar surface area (TPSA) is 77.5 Å². The first-order valence-electron chi connectivity index (χ1n) is 6.35. The number of aryl methyl sites for hydroxylation is 1. The van der Waals surface area contributed by atoms with Crippen molar-refractivity contribution in [2.24, 2.45) is 0 Å². The molecule has 0 fully saturated rings. The third-order valence-corrected chi connectivity index (χ3v) is 5.31. The van der Waals surface area contributed by atoms with Crippen LogP contribution in [0.15, 0.2) is 57.9 Å². The van der Waals surface area contributed by atoms with Crippen LogP contribution in [0.25, 0.3) is 0 Å². The van der Waals surface area contributed by atoms with E-state index in [4.69, 9.17) is 0 Å². The zero-order valence-corrected chi connectivity index (χ0v) is 14.1. The normalized spacial score (nSPS) is 11.2. The highest BCUT2D eigenvalue weighted by atomic mass is 79.9. The van der Waals surface area contributed by atoms with Crippen molar-refractivity contribution in [2.75, 3.05) is 10.8 Å². The predicted octanol–water partition coefficient (Wildman–Crippen LogP) is 1.70. The van der Waals surface area contributed by atoms with Gasteiger partial charge in [0.1, 0.15) is 0 Å². The van der Waals surface area contributed by atoms with E-state index in [0.717, 1.165) is 14.3 Å². The van der Waals surface area contributed by atoms with Gasteiger partial charge in [-0.1, -0.05) is 33.6 Å². The number of hydrogen-bond acceptors (Lipinski definition) is 4. The lowest BCUT2D eigenvalue weighted by molar-refractivity contribution is -0.303. The average Bonchev–Trinajstić information content (AvgIpc) is 2.46. The number of carboxylic acids is 1. The van der Waals surface area contributed by atoms with E-state index < -0.39 is 22.5 Å². The van der Waals surface area contributed by atoms with Gasteiger partial charge in [-0.15, -0.1) is 0 Å². The maximum Gasteiger partial charge on any atom is 0.264 e. The number of nitrogens with zero attached hydrogens (tertiary/aromatic N) is 1. The van der Waals surface area contributed by atoms with Crippen LogP contribution in [0.1, 0.15) is 5.56 Å². The lowest BCUT2D eigenvalue weighted by Crippen LogP contribution is -2.41. The molecule has 0 amide bonds. The first kappa shape index (κ1) is 16.5. The van der Waals surface area contributed by atoms with Gasteiger partial charge in [0.05, 0.1) is 23.1 Å². The molecule has 0 unspecified atom stereocenters. The third-order valence-electron chi connectivity index (χ3n) is 3.00. The molecule has 2 aromatic carbocycles. The van der Waals surface area contributed by atoms with Crippen LogP contribution in [0.4, 0.5) is 5.69 Å². The van der Waals surface area contributed by atoms with Crippen LogP contribution in [0.3, 0.4) is 0 Å².